The van der Waals surface area contributed by atoms with E-state index in [-0.39, 0.29) is 11.7 Å². The summed E-state index contributed by atoms with van der Waals surface area (Å²) in [5.74, 6) is 1.62. The van der Waals surface area contributed by atoms with E-state index in [4.69, 9.17) is 39.2 Å². The van der Waals surface area contributed by atoms with E-state index in [2.05, 4.69) is 10.6 Å². The Morgan fingerprint density at radius 1 is 0.816 bits per heavy atom. The Morgan fingerprint density at radius 3 is 2.22 bits per heavy atom. The number of rotatable bonds is 13. The molecule has 9 heteroatoms. The summed E-state index contributed by atoms with van der Waals surface area (Å²) in [6.45, 7) is 1.91. The normalized spacial score (nSPS) is 11.1. The van der Waals surface area contributed by atoms with E-state index >= 15 is 0 Å². The lowest BCUT2D eigenvalue weighted by Gasteiger charge is -2.24. The summed E-state index contributed by atoms with van der Waals surface area (Å²) in [6.07, 6.45) is 1.44. The quantitative estimate of drug-likeness (QED) is 0.0616. The monoisotopic (exact) mass is 668 g/mol. The Labute approximate surface area is 292 Å². The van der Waals surface area contributed by atoms with Crippen molar-refractivity contribution >= 4 is 35.4 Å². The van der Waals surface area contributed by atoms with E-state index in [0.717, 1.165) is 61.7 Å². The van der Waals surface area contributed by atoms with Crippen LogP contribution < -0.4 is 16.2 Å². The summed E-state index contributed by atoms with van der Waals surface area (Å²) in [6, 6.07) is 37.5. The van der Waals surface area contributed by atoms with Crippen LogP contribution >= 0.6 is 12.6 Å². The van der Waals surface area contributed by atoms with Gasteiger partial charge in [-0.25, -0.2) is 4.98 Å². The smallest absolute Gasteiger partial charge is 0.254 e. The minimum Gasteiger partial charge on any atom is -0.497 e. The molecular formula is C40H40N6O2S. The Hall–Kier alpha value is -5.38. The molecule has 6 aromatic rings. The Kier molecular flexibility index (Phi) is 10.4. The molecule has 0 saturated heterocycles. The SMILES string of the molecule is COc1cccc(CN(Cc2ccc(CN)cc2)C(=O)c2ccc3c(c2)nc(CCc2ccc(C(=N)N)cc2)n3Cc2ccccc2S)c1. The molecule has 6 rings (SSSR count). The van der Waals surface area contributed by atoms with Crippen LogP contribution in [0.15, 0.2) is 120 Å². The largest absolute Gasteiger partial charge is 0.497 e. The average molecular weight is 669 g/mol. The minimum absolute atomic E-state index is 0.0516. The van der Waals surface area contributed by atoms with Gasteiger partial charge < -0.3 is 25.7 Å². The highest BCUT2D eigenvalue weighted by molar-refractivity contribution is 7.80. The molecule has 0 fully saturated rings. The van der Waals surface area contributed by atoms with Crippen LogP contribution in [-0.4, -0.2) is 33.3 Å². The van der Waals surface area contributed by atoms with Gasteiger partial charge in [0.1, 0.15) is 17.4 Å². The highest BCUT2D eigenvalue weighted by Crippen LogP contribution is 2.25. The fourth-order valence-corrected chi connectivity index (χ4v) is 6.21. The molecule has 1 heterocycles. The number of amides is 1. The highest BCUT2D eigenvalue weighted by Gasteiger charge is 2.20. The van der Waals surface area contributed by atoms with E-state index in [1.165, 1.54) is 0 Å². The van der Waals surface area contributed by atoms with Crippen LogP contribution in [0.2, 0.25) is 0 Å². The summed E-state index contributed by atoms with van der Waals surface area (Å²) in [4.78, 5) is 22.2. The first-order valence-corrected chi connectivity index (χ1v) is 16.7. The number of methoxy groups -OCH3 is 1. The number of nitrogens with zero attached hydrogens (tertiary/aromatic N) is 3. The third-order valence-corrected chi connectivity index (χ3v) is 9.16. The van der Waals surface area contributed by atoms with Gasteiger partial charge in [-0.1, -0.05) is 78.9 Å². The van der Waals surface area contributed by atoms with Crippen LogP contribution in [0.4, 0.5) is 0 Å². The molecule has 0 spiro atoms. The van der Waals surface area contributed by atoms with Crippen molar-refractivity contribution in [1.29, 1.82) is 5.41 Å². The number of thiol groups is 1. The van der Waals surface area contributed by atoms with E-state index in [1.807, 2.05) is 114 Å². The van der Waals surface area contributed by atoms with Crippen molar-refractivity contribution in [2.45, 2.75) is 43.9 Å². The van der Waals surface area contributed by atoms with E-state index in [9.17, 15) is 4.79 Å². The average Bonchev–Trinajstić information content (AvgIpc) is 3.47. The van der Waals surface area contributed by atoms with Crippen LogP contribution in [0.1, 0.15) is 49.6 Å². The van der Waals surface area contributed by atoms with Gasteiger partial charge in [0.25, 0.3) is 5.91 Å². The van der Waals surface area contributed by atoms with Gasteiger partial charge in [0.15, 0.2) is 0 Å². The topological polar surface area (TPSA) is 123 Å². The van der Waals surface area contributed by atoms with Gasteiger partial charge >= 0.3 is 0 Å². The number of amidine groups is 1. The van der Waals surface area contributed by atoms with Gasteiger partial charge in [0.05, 0.1) is 24.7 Å². The molecule has 0 bridgehead atoms. The number of hydrogen-bond acceptors (Lipinski definition) is 6. The number of ether oxygens (including phenoxy) is 1. The van der Waals surface area contributed by atoms with Crippen LogP contribution in [0.3, 0.4) is 0 Å². The molecule has 0 atom stereocenters. The van der Waals surface area contributed by atoms with E-state index in [1.54, 1.807) is 7.11 Å². The molecule has 5 aromatic carbocycles. The Bertz CT molecular complexity index is 2090. The third kappa shape index (κ3) is 8.02. The van der Waals surface area contributed by atoms with Gasteiger partial charge in [-0.2, -0.15) is 0 Å². The standard InChI is InChI=1S/C40H40N6O2S/c1-48-34-7-4-5-30(21-34)25-45(24-29-11-9-28(23-41)10-12-29)40(47)32-18-19-36-35(22-32)44-38(46(36)26-33-6-2-3-8-37(33)49)20-15-27-13-16-31(17-14-27)39(42)43/h2-14,16-19,21-22,49H,15,20,23-26,41H2,1H3,(H3,42,43). The van der Waals surface area contributed by atoms with Crippen molar-refractivity contribution < 1.29 is 9.53 Å². The summed E-state index contributed by atoms with van der Waals surface area (Å²) < 4.78 is 7.67. The van der Waals surface area contributed by atoms with Crippen LogP contribution in [0, 0.1) is 5.41 Å². The number of fused-ring (bicyclic) bond motifs is 1. The predicted molar refractivity (Wildman–Crippen MR) is 198 cm³/mol. The number of nitrogen functional groups attached to an aromatic ring is 1. The first kappa shape index (κ1) is 33.5. The summed E-state index contributed by atoms with van der Waals surface area (Å²) in [5.41, 5.74) is 19.7. The first-order valence-electron chi connectivity index (χ1n) is 16.2. The highest BCUT2D eigenvalue weighted by atomic mass is 32.1. The second-order valence-corrected chi connectivity index (χ2v) is 12.6. The molecule has 0 aliphatic rings. The maximum Gasteiger partial charge on any atom is 0.254 e. The van der Waals surface area contributed by atoms with Crippen LogP contribution in [-0.2, 0) is 39.0 Å². The van der Waals surface area contributed by atoms with Crippen molar-refractivity contribution in [3.63, 3.8) is 0 Å². The third-order valence-electron chi connectivity index (χ3n) is 8.72. The maximum absolute atomic E-state index is 14.3. The number of nitrogens with two attached hydrogens (primary N) is 2. The maximum atomic E-state index is 14.3. The molecule has 1 amide bonds. The van der Waals surface area contributed by atoms with Crippen molar-refractivity contribution in [3.05, 3.63) is 160 Å². The number of nitrogens with one attached hydrogen (secondary N) is 1. The van der Waals surface area contributed by atoms with Gasteiger partial charge in [0, 0.05) is 42.1 Å². The van der Waals surface area contributed by atoms with Crippen molar-refractivity contribution in [2.24, 2.45) is 11.5 Å². The molecule has 5 N–H and O–H groups in total. The molecule has 0 aliphatic carbocycles. The zero-order valence-electron chi connectivity index (χ0n) is 27.5. The summed E-state index contributed by atoms with van der Waals surface area (Å²) in [5, 5.41) is 7.70. The number of hydrogen-bond donors (Lipinski definition) is 4. The van der Waals surface area contributed by atoms with Crippen molar-refractivity contribution in [1.82, 2.24) is 14.5 Å². The Balaban J connectivity index is 1.33. The predicted octanol–water partition coefficient (Wildman–Crippen LogP) is 6.75. The fourth-order valence-electron chi connectivity index (χ4n) is 5.98. The molecule has 0 unspecified atom stereocenters. The first-order chi connectivity index (χ1) is 23.8. The molecule has 0 radical (unpaired) electrons. The van der Waals surface area contributed by atoms with Gasteiger partial charge in [-0.05, 0) is 70.6 Å². The number of benzene rings is 5. The molecular weight excluding hydrogens is 629 g/mol. The van der Waals surface area contributed by atoms with Crippen molar-refractivity contribution in [3.8, 4) is 5.75 Å². The number of aromatic nitrogens is 2. The van der Waals surface area contributed by atoms with Crippen LogP contribution in [0.25, 0.3) is 11.0 Å². The lowest BCUT2D eigenvalue weighted by Crippen LogP contribution is -2.30. The molecule has 0 saturated carbocycles. The number of aryl methyl sites for hydroxylation is 2. The lowest BCUT2D eigenvalue weighted by molar-refractivity contribution is 0.0730. The number of imidazole rings is 1. The lowest BCUT2D eigenvalue weighted by atomic mass is 10.1. The number of carbonyl (C=O) groups is 1. The Morgan fingerprint density at radius 2 is 1.51 bits per heavy atom. The van der Waals surface area contributed by atoms with Gasteiger partial charge in [0.2, 0.25) is 0 Å². The zero-order chi connectivity index (χ0) is 34.3. The van der Waals surface area contributed by atoms with E-state index in [0.29, 0.717) is 43.7 Å². The van der Waals surface area contributed by atoms with Gasteiger partial charge in [-0.3, -0.25) is 10.2 Å². The van der Waals surface area contributed by atoms with Gasteiger partial charge in [-0.15, -0.1) is 12.6 Å². The minimum atomic E-state index is -0.0880. The molecule has 49 heavy (non-hydrogen) atoms. The zero-order valence-corrected chi connectivity index (χ0v) is 28.4. The second-order valence-electron chi connectivity index (χ2n) is 12.1. The summed E-state index contributed by atoms with van der Waals surface area (Å²) in [7, 11) is 1.64. The summed E-state index contributed by atoms with van der Waals surface area (Å²) >= 11 is 4.72. The second kappa shape index (κ2) is 15.2. The molecule has 248 valence electrons. The molecule has 8 nitrogen and oxygen atoms in total. The van der Waals surface area contributed by atoms with Crippen molar-refractivity contribution in [2.75, 3.05) is 7.11 Å². The molecule has 1 aromatic heterocycles. The van der Waals surface area contributed by atoms with Crippen LogP contribution in [0.5, 0.6) is 5.75 Å². The fraction of sp³-hybridized carbons (Fsp3) is 0.175. The number of carbonyl (C=O) groups excluding carboxylic acids is 1. The van der Waals surface area contributed by atoms with E-state index < -0.39 is 0 Å². The molecule has 0 aliphatic heterocycles.